The number of carbonyl (C=O) groups is 1. The van der Waals surface area contributed by atoms with E-state index in [1.165, 1.54) is 11.1 Å². The van der Waals surface area contributed by atoms with E-state index in [-0.39, 0.29) is 27.6 Å². The Morgan fingerprint density at radius 3 is 2.69 bits per heavy atom. The molecule has 1 saturated heterocycles. The number of carboxylic acid groups (broad SMARTS) is 1. The van der Waals surface area contributed by atoms with E-state index in [0.717, 1.165) is 74.3 Å². The number of H-pyrrole nitrogens is 1. The highest BCUT2D eigenvalue weighted by atomic mass is 35.5. The van der Waals surface area contributed by atoms with Crippen LogP contribution in [-0.4, -0.2) is 58.7 Å². The van der Waals surface area contributed by atoms with Crippen molar-refractivity contribution < 1.29 is 19.0 Å². The minimum atomic E-state index is -1.04. The van der Waals surface area contributed by atoms with E-state index in [2.05, 4.69) is 33.6 Å². The van der Waals surface area contributed by atoms with Gasteiger partial charge in [-0.25, -0.2) is 14.2 Å². The number of hydrogen-bond donors (Lipinski definition) is 2. The highest BCUT2D eigenvalue weighted by molar-refractivity contribution is 6.30. The van der Waals surface area contributed by atoms with Crippen molar-refractivity contribution >= 4 is 39.9 Å². The number of carboxylic acids is 1. The first-order valence-corrected chi connectivity index (χ1v) is 14.6. The summed E-state index contributed by atoms with van der Waals surface area (Å²) in [6, 6.07) is 14.1. The minimum Gasteiger partial charge on any atom is -0.478 e. The molecule has 2 N–H and O–H groups in total. The fourth-order valence-electron chi connectivity index (χ4n) is 6.00. The fraction of sp³-hybridized carbons (Fsp3) is 0.333. The average molecular weight is 589 g/mol. The number of rotatable bonds is 7. The van der Waals surface area contributed by atoms with Gasteiger partial charge in [-0.1, -0.05) is 37.1 Å². The van der Waals surface area contributed by atoms with E-state index >= 15 is 0 Å². The van der Waals surface area contributed by atoms with Crippen molar-refractivity contribution in [3.63, 3.8) is 0 Å². The van der Waals surface area contributed by atoms with Gasteiger partial charge in [-0.3, -0.25) is 4.90 Å². The number of fused-ring (bicyclic) bond motifs is 1. The lowest BCUT2D eigenvalue weighted by Crippen LogP contribution is -2.47. The highest BCUT2D eigenvalue weighted by Gasteiger charge is 2.30. The van der Waals surface area contributed by atoms with Crippen LogP contribution in [0, 0.1) is 11.2 Å². The van der Waals surface area contributed by atoms with Crippen LogP contribution in [0.1, 0.15) is 49.0 Å². The number of halogens is 2. The van der Waals surface area contributed by atoms with E-state index in [4.69, 9.17) is 16.3 Å². The summed E-state index contributed by atoms with van der Waals surface area (Å²) in [5.74, 6) is -0.658. The lowest BCUT2D eigenvalue weighted by molar-refractivity contribution is 0.0694. The average Bonchev–Trinajstić information content (AvgIpc) is 3.44. The Morgan fingerprint density at radius 2 is 1.93 bits per heavy atom. The number of aromatic carboxylic acids is 1. The SMILES string of the molecule is CC1(C)CCC(CN2CCN(c3ccc(C(=O)O)c(Oc4cnc5[nH]ccc5c4)c3)CC2)=C(c2ccc(Cl)c(F)c2)C1. The lowest BCUT2D eigenvalue weighted by Gasteiger charge is -2.39. The molecule has 4 aromatic rings. The zero-order chi connectivity index (χ0) is 29.4. The van der Waals surface area contributed by atoms with Crippen LogP contribution in [0.5, 0.6) is 11.5 Å². The molecule has 1 aliphatic carbocycles. The van der Waals surface area contributed by atoms with Gasteiger partial charge in [0, 0.05) is 56.1 Å². The largest absolute Gasteiger partial charge is 0.478 e. The van der Waals surface area contributed by atoms with Gasteiger partial charge in [0.2, 0.25) is 0 Å². The maximum absolute atomic E-state index is 14.4. The number of benzene rings is 2. The molecule has 0 atom stereocenters. The van der Waals surface area contributed by atoms with Gasteiger partial charge in [-0.05, 0) is 72.2 Å². The molecule has 2 aromatic carbocycles. The molecule has 1 fully saturated rings. The van der Waals surface area contributed by atoms with Gasteiger partial charge < -0.3 is 19.7 Å². The lowest BCUT2D eigenvalue weighted by atomic mass is 9.72. The minimum absolute atomic E-state index is 0.102. The van der Waals surface area contributed by atoms with Crippen LogP contribution in [0.15, 0.2) is 66.5 Å². The Hall–Kier alpha value is -3.88. The molecule has 1 aliphatic heterocycles. The van der Waals surface area contributed by atoms with Crippen LogP contribution < -0.4 is 9.64 Å². The van der Waals surface area contributed by atoms with Gasteiger partial charge in [0.15, 0.2) is 0 Å². The predicted octanol–water partition coefficient (Wildman–Crippen LogP) is 7.63. The molecule has 0 radical (unpaired) electrons. The molecule has 7 nitrogen and oxygen atoms in total. The number of nitrogens with one attached hydrogen (secondary N) is 1. The first-order chi connectivity index (χ1) is 20.1. The number of pyridine rings is 1. The van der Waals surface area contributed by atoms with E-state index < -0.39 is 5.97 Å². The molecule has 0 unspecified atom stereocenters. The van der Waals surface area contributed by atoms with Gasteiger partial charge >= 0.3 is 5.97 Å². The third-order valence-corrected chi connectivity index (χ3v) is 8.71. The smallest absolute Gasteiger partial charge is 0.339 e. The number of hydrogen-bond acceptors (Lipinski definition) is 5. The van der Waals surface area contributed by atoms with Crippen molar-refractivity contribution in [3.05, 3.63) is 88.5 Å². The molecule has 0 amide bonds. The summed E-state index contributed by atoms with van der Waals surface area (Å²) in [5, 5.41) is 10.8. The number of nitrogens with zero attached hydrogens (tertiary/aromatic N) is 3. The molecular formula is C33H34ClFN4O3. The Kier molecular flexibility index (Phi) is 7.68. The predicted molar refractivity (Wildman–Crippen MR) is 164 cm³/mol. The molecule has 0 saturated carbocycles. The van der Waals surface area contributed by atoms with Crippen molar-refractivity contribution in [2.24, 2.45) is 5.41 Å². The van der Waals surface area contributed by atoms with Gasteiger partial charge in [0.25, 0.3) is 0 Å². The summed E-state index contributed by atoms with van der Waals surface area (Å²) in [5.41, 5.74) is 5.47. The van der Waals surface area contributed by atoms with Crippen molar-refractivity contribution in [2.75, 3.05) is 37.6 Å². The Labute approximate surface area is 249 Å². The van der Waals surface area contributed by atoms with E-state index in [9.17, 15) is 14.3 Å². The molecule has 2 aliphatic rings. The van der Waals surface area contributed by atoms with Crippen LogP contribution in [0.25, 0.3) is 16.6 Å². The number of anilines is 1. The second kappa shape index (κ2) is 11.4. The second-order valence-corrected chi connectivity index (χ2v) is 12.4. The molecule has 42 heavy (non-hydrogen) atoms. The zero-order valence-corrected chi connectivity index (χ0v) is 24.5. The third-order valence-electron chi connectivity index (χ3n) is 8.40. The van der Waals surface area contributed by atoms with Gasteiger partial charge in [0.1, 0.15) is 28.5 Å². The number of aromatic nitrogens is 2. The van der Waals surface area contributed by atoms with Crippen LogP contribution in [0.3, 0.4) is 0 Å². The van der Waals surface area contributed by atoms with Crippen LogP contribution in [0.2, 0.25) is 5.02 Å². The number of allylic oxidation sites excluding steroid dienone is 1. The van der Waals surface area contributed by atoms with E-state index in [0.29, 0.717) is 5.75 Å². The summed E-state index contributed by atoms with van der Waals surface area (Å²) < 4.78 is 20.4. The monoisotopic (exact) mass is 588 g/mol. The first-order valence-electron chi connectivity index (χ1n) is 14.3. The zero-order valence-electron chi connectivity index (χ0n) is 23.8. The van der Waals surface area contributed by atoms with Gasteiger partial charge in [0.05, 0.1) is 11.2 Å². The molecule has 0 spiro atoms. The van der Waals surface area contributed by atoms with Crippen molar-refractivity contribution in [1.82, 2.24) is 14.9 Å². The Morgan fingerprint density at radius 1 is 1.12 bits per heavy atom. The van der Waals surface area contributed by atoms with Gasteiger partial charge in [-0.15, -0.1) is 0 Å². The number of aromatic amines is 1. The highest BCUT2D eigenvalue weighted by Crippen LogP contribution is 2.43. The van der Waals surface area contributed by atoms with Crippen molar-refractivity contribution in [2.45, 2.75) is 33.1 Å². The van der Waals surface area contributed by atoms with E-state index in [1.54, 1.807) is 36.7 Å². The first kappa shape index (κ1) is 28.2. The normalized spacial score (nSPS) is 17.6. The topological polar surface area (TPSA) is 81.7 Å². The standard InChI is InChI=1S/C33H34ClFN4O3/c1-33(2)9-7-23(27(18-33)21-3-6-28(34)29(35)16-21)20-38-11-13-39(14-12-38)24-4-5-26(32(40)41)30(17-24)42-25-15-22-8-10-36-31(22)37-19-25/h3-6,8,10,15-17,19H,7,9,11-14,18,20H2,1-2H3,(H,36,37)(H,40,41). The molecule has 218 valence electrons. The Balaban J connectivity index is 1.17. The van der Waals surface area contributed by atoms with Crippen LogP contribution in [0.4, 0.5) is 10.1 Å². The summed E-state index contributed by atoms with van der Waals surface area (Å²) in [7, 11) is 0. The molecule has 2 aromatic heterocycles. The summed E-state index contributed by atoms with van der Waals surface area (Å²) in [6.07, 6.45) is 6.40. The van der Waals surface area contributed by atoms with Crippen LogP contribution >= 0.6 is 11.6 Å². The van der Waals surface area contributed by atoms with Crippen molar-refractivity contribution in [3.8, 4) is 11.5 Å². The summed E-state index contributed by atoms with van der Waals surface area (Å²) in [4.78, 5) is 24.1. The molecule has 9 heteroatoms. The van der Waals surface area contributed by atoms with Gasteiger partial charge in [-0.2, -0.15) is 0 Å². The van der Waals surface area contributed by atoms with Crippen LogP contribution in [-0.2, 0) is 0 Å². The molecule has 6 rings (SSSR count). The third kappa shape index (κ3) is 6.01. The van der Waals surface area contributed by atoms with Crippen molar-refractivity contribution in [1.29, 1.82) is 0 Å². The maximum atomic E-state index is 14.4. The second-order valence-electron chi connectivity index (χ2n) is 12.0. The molecular weight excluding hydrogens is 555 g/mol. The molecule has 3 heterocycles. The fourth-order valence-corrected chi connectivity index (χ4v) is 6.12. The maximum Gasteiger partial charge on any atom is 0.339 e. The summed E-state index contributed by atoms with van der Waals surface area (Å²) >= 11 is 5.98. The van der Waals surface area contributed by atoms with E-state index in [1.807, 2.05) is 24.3 Å². The number of piperazine rings is 1. The molecule has 0 bridgehead atoms. The number of ether oxygens (including phenoxy) is 1. The Bertz CT molecular complexity index is 1670. The quantitative estimate of drug-likeness (QED) is 0.231. The summed E-state index contributed by atoms with van der Waals surface area (Å²) in [6.45, 7) is 8.72.